The van der Waals surface area contributed by atoms with Gasteiger partial charge in [-0.25, -0.2) is 4.98 Å². The highest BCUT2D eigenvalue weighted by Gasteiger charge is 2.11. The number of carbonyl (C=O) groups excluding carboxylic acids is 1. The molecule has 1 unspecified atom stereocenters. The smallest absolute Gasteiger partial charge is 0.238 e. The largest absolute Gasteiger partial charge is 0.390 e. The van der Waals surface area contributed by atoms with Crippen LogP contribution in [0, 0.1) is 10.8 Å². The van der Waals surface area contributed by atoms with E-state index in [1.54, 1.807) is 44.3 Å². The first-order valence-corrected chi connectivity index (χ1v) is 8.80. The average molecular weight is 406 g/mol. The molecule has 0 fully saturated rings. The van der Waals surface area contributed by atoms with Crippen LogP contribution in [-0.4, -0.2) is 44.9 Å². The monoisotopic (exact) mass is 405 g/mol. The van der Waals surface area contributed by atoms with Crippen molar-refractivity contribution in [2.75, 3.05) is 12.4 Å². The molecule has 0 bridgehead atoms. The van der Waals surface area contributed by atoms with Crippen molar-refractivity contribution in [3.05, 3.63) is 59.8 Å². The molecule has 0 radical (unpaired) electrons. The summed E-state index contributed by atoms with van der Waals surface area (Å²) in [5.74, 6) is 5.37. The molecule has 2 rings (SSSR count). The molecule has 1 atom stereocenters. The minimum absolute atomic E-state index is 0. The minimum atomic E-state index is -0.380. The summed E-state index contributed by atoms with van der Waals surface area (Å²) >= 11 is 3.98. The fourth-order valence-electron chi connectivity index (χ4n) is 1.84. The van der Waals surface area contributed by atoms with Gasteiger partial charge in [-0.05, 0) is 19.1 Å². The number of hydrogen-bond donors (Lipinski definition) is 7. The van der Waals surface area contributed by atoms with E-state index in [1.165, 1.54) is 5.01 Å². The number of amidine groups is 1. The maximum atomic E-state index is 11.2. The number of benzene rings is 1. The fraction of sp³-hybridized carbons (Fsp3) is 0.222. The molecule has 0 aliphatic rings. The molecule has 0 saturated carbocycles. The number of amides is 1. The van der Waals surface area contributed by atoms with Gasteiger partial charge < -0.3 is 10.4 Å². The number of thiol groups is 1. The molecule has 9 nitrogen and oxygen atoms in total. The van der Waals surface area contributed by atoms with E-state index in [0.29, 0.717) is 17.1 Å². The van der Waals surface area contributed by atoms with Gasteiger partial charge in [0.05, 0.1) is 17.6 Å². The SMILES string of the molecule is CC(S)C(=O)Nc1cccc(CO)n1.CN(NN)C(=N)C(=N)c1ccccc1.[HH]. The fourth-order valence-corrected chi connectivity index (χ4v) is 1.91. The molecule has 1 heterocycles. The Morgan fingerprint density at radius 3 is 2.46 bits per heavy atom. The summed E-state index contributed by atoms with van der Waals surface area (Å²) in [4.78, 5) is 15.2. The zero-order valence-corrected chi connectivity index (χ0v) is 16.6. The number of hydrogen-bond acceptors (Lipinski definition) is 8. The number of rotatable bonds is 6. The maximum Gasteiger partial charge on any atom is 0.238 e. The van der Waals surface area contributed by atoms with E-state index in [-0.39, 0.29) is 30.7 Å². The Labute approximate surface area is 170 Å². The summed E-state index contributed by atoms with van der Waals surface area (Å²) in [7, 11) is 1.58. The van der Waals surface area contributed by atoms with Gasteiger partial charge in [-0.15, -0.1) is 0 Å². The van der Waals surface area contributed by atoms with E-state index in [4.69, 9.17) is 21.8 Å². The molecule has 1 aromatic heterocycles. The van der Waals surface area contributed by atoms with Gasteiger partial charge in [-0.1, -0.05) is 36.4 Å². The third-order valence-corrected chi connectivity index (χ3v) is 3.66. The van der Waals surface area contributed by atoms with Gasteiger partial charge in [0, 0.05) is 14.0 Å². The molecule has 0 saturated heterocycles. The number of anilines is 1. The Balaban J connectivity index is 0.000000523. The Bertz CT molecular complexity index is 806. The number of aromatic nitrogens is 1. The number of hydrazine groups is 2. The number of aliphatic hydroxyl groups excluding tert-OH is 1. The van der Waals surface area contributed by atoms with E-state index in [1.807, 2.05) is 18.2 Å². The highest BCUT2D eigenvalue weighted by atomic mass is 32.1. The van der Waals surface area contributed by atoms with Crippen molar-refractivity contribution in [3.8, 4) is 0 Å². The Morgan fingerprint density at radius 2 is 1.93 bits per heavy atom. The summed E-state index contributed by atoms with van der Waals surface area (Å²) < 4.78 is 0. The van der Waals surface area contributed by atoms with E-state index >= 15 is 0 Å². The van der Waals surface area contributed by atoms with Crippen molar-refractivity contribution in [3.63, 3.8) is 0 Å². The molecular formula is C18H27N7O2S. The number of pyridine rings is 1. The van der Waals surface area contributed by atoms with E-state index in [2.05, 4.69) is 28.5 Å². The lowest BCUT2D eigenvalue weighted by molar-refractivity contribution is -0.115. The molecule has 2 aromatic rings. The standard InChI is InChI=1S/C9H13N5.C9H12N2O2S.H2/c1-14(13-12)9(11)8(10)7-5-3-2-4-6-7;1-6(14)9(13)11-8-4-2-3-7(5-12)10-8;/h2-6,10-11,13H,12H2,1H3;2-4,6,12,14H,5H2,1H3,(H,10,11,13);1H. The van der Waals surface area contributed by atoms with Gasteiger partial charge in [-0.2, -0.15) is 18.2 Å². The number of carbonyl (C=O) groups is 1. The van der Waals surface area contributed by atoms with Crippen molar-refractivity contribution >= 4 is 35.9 Å². The molecule has 28 heavy (non-hydrogen) atoms. The van der Waals surface area contributed by atoms with Crippen LogP contribution < -0.4 is 16.7 Å². The maximum absolute atomic E-state index is 11.2. The van der Waals surface area contributed by atoms with Gasteiger partial charge in [0.25, 0.3) is 0 Å². The van der Waals surface area contributed by atoms with Gasteiger partial charge in [0.2, 0.25) is 5.91 Å². The number of nitrogens with two attached hydrogens (primary N) is 1. The Morgan fingerprint density at radius 1 is 1.29 bits per heavy atom. The second-order valence-corrected chi connectivity index (χ2v) is 6.39. The van der Waals surface area contributed by atoms with Crippen LogP contribution in [0.3, 0.4) is 0 Å². The molecule has 7 N–H and O–H groups in total. The van der Waals surface area contributed by atoms with Gasteiger partial charge in [0.15, 0.2) is 5.84 Å². The normalized spacial score (nSPS) is 10.9. The predicted molar refractivity (Wildman–Crippen MR) is 115 cm³/mol. The van der Waals surface area contributed by atoms with Crippen molar-refractivity contribution in [2.45, 2.75) is 18.8 Å². The minimum Gasteiger partial charge on any atom is -0.390 e. The Kier molecular flexibility index (Phi) is 9.82. The van der Waals surface area contributed by atoms with Crippen molar-refractivity contribution in [1.29, 1.82) is 10.8 Å². The molecule has 10 heteroatoms. The molecule has 0 aliphatic carbocycles. The summed E-state index contributed by atoms with van der Waals surface area (Å²) in [5, 5.41) is 27.6. The zero-order chi connectivity index (χ0) is 21.1. The molecular weight excluding hydrogens is 378 g/mol. The third kappa shape index (κ3) is 7.45. The van der Waals surface area contributed by atoms with E-state index in [0.717, 1.165) is 0 Å². The molecule has 0 aliphatic heterocycles. The van der Waals surface area contributed by atoms with Gasteiger partial charge in [-0.3, -0.25) is 26.5 Å². The van der Waals surface area contributed by atoms with E-state index < -0.39 is 0 Å². The van der Waals surface area contributed by atoms with Crippen LogP contribution in [0.1, 0.15) is 19.6 Å². The van der Waals surface area contributed by atoms with Crippen LogP contribution in [0.2, 0.25) is 0 Å². The zero-order valence-electron chi connectivity index (χ0n) is 15.7. The first kappa shape index (κ1) is 23.2. The molecule has 152 valence electrons. The van der Waals surface area contributed by atoms with Crippen molar-refractivity contribution < 1.29 is 11.3 Å². The lowest BCUT2D eigenvalue weighted by atomic mass is 10.1. The predicted octanol–water partition coefficient (Wildman–Crippen LogP) is 1.42. The van der Waals surface area contributed by atoms with Gasteiger partial charge in [0.1, 0.15) is 11.5 Å². The van der Waals surface area contributed by atoms with Crippen LogP contribution in [0.5, 0.6) is 0 Å². The number of nitrogens with zero attached hydrogens (tertiary/aromatic N) is 2. The average Bonchev–Trinajstić information content (AvgIpc) is 2.73. The highest BCUT2D eigenvalue weighted by Crippen LogP contribution is 2.06. The number of nitrogens with one attached hydrogen (secondary N) is 4. The first-order chi connectivity index (χ1) is 13.3. The lowest BCUT2D eigenvalue weighted by Gasteiger charge is -2.18. The van der Waals surface area contributed by atoms with Crippen LogP contribution in [0.4, 0.5) is 5.82 Å². The second-order valence-electron chi connectivity index (χ2n) is 5.62. The number of likely N-dealkylation sites (N-methyl/N-ethyl adjacent to an activating group) is 1. The van der Waals surface area contributed by atoms with E-state index in [9.17, 15) is 4.79 Å². The lowest BCUT2D eigenvalue weighted by Crippen LogP contribution is -2.46. The summed E-state index contributed by atoms with van der Waals surface area (Å²) in [6.07, 6.45) is 0. The topological polar surface area (TPSA) is 151 Å². The van der Waals surface area contributed by atoms with Crippen LogP contribution in [0.15, 0.2) is 48.5 Å². The highest BCUT2D eigenvalue weighted by molar-refractivity contribution is 7.81. The summed E-state index contributed by atoms with van der Waals surface area (Å²) in [6.45, 7) is 1.54. The van der Waals surface area contributed by atoms with Crippen LogP contribution >= 0.6 is 12.6 Å². The molecule has 0 spiro atoms. The van der Waals surface area contributed by atoms with Crippen molar-refractivity contribution in [2.24, 2.45) is 5.84 Å². The first-order valence-electron chi connectivity index (χ1n) is 8.28. The number of aliphatic hydroxyl groups is 1. The quantitative estimate of drug-likeness (QED) is 0.127. The van der Waals surface area contributed by atoms with Crippen LogP contribution in [-0.2, 0) is 11.4 Å². The Hall–Kier alpha value is -2.79. The third-order valence-electron chi connectivity index (χ3n) is 3.43. The molecule has 1 amide bonds. The van der Waals surface area contributed by atoms with Gasteiger partial charge >= 0.3 is 0 Å². The van der Waals surface area contributed by atoms with Crippen LogP contribution in [0.25, 0.3) is 0 Å². The molecule has 1 aromatic carbocycles. The summed E-state index contributed by atoms with van der Waals surface area (Å²) in [5.41, 5.74) is 3.63. The van der Waals surface area contributed by atoms with Crippen molar-refractivity contribution in [1.82, 2.24) is 15.5 Å². The second kappa shape index (κ2) is 11.8. The summed E-state index contributed by atoms with van der Waals surface area (Å²) in [6, 6.07) is 14.1.